The minimum atomic E-state index is -4.42. The predicted octanol–water partition coefficient (Wildman–Crippen LogP) is 4.42. The Kier molecular flexibility index (Phi) is 11.1. The second-order valence-corrected chi connectivity index (χ2v) is 11.7. The predicted molar refractivity (Wildman–Crippen MR) is 162 cm³/mol. The Bertz CT molecular complexity index is 1530. The fraction of sp³-hybridized carbons (Fsp3) is 0.333. The molecule has 0 saturated heterocycles. The number of carbonyl (C=O) groups excluding carboxylic acids is 2. The first kappa shape index (κ1) is 32.6. The van der Waals surface area contributed by atoms with Crippen LogP contribution in [0.15, 0.2) is 65.6 Å². The number of sulfonamides is 1. The highest BCUT2D eigenvalue weighted by molar-refractivity contribution is 7.92. The fourth-order valence-corrected chi connectivity index (χ4v) is 5.95. The van der Waals surface area contributed by atoms with Crippen LogP contribution in [0.3, 0.4) is 0 Å². The molecule has 42 heavy (non-hydrogen) atoms. The van der Waals surface area contributed by atoms with E-state index in [2.05, 4.69) is 5.32 Å². The highest BCUT2D eigenvalue weighted by Crippen LogP contribution is 2.37. The number of methoxy groups -OCH3 is 3. The summed E-state index contributed by atoms with van der Waals surface area (Å²) >= 11 is 6.29. The number of hydrogen-bond acceptors (Lipinski definition) is 7. The molecule has 1 N–H and O–H groups in total. The van der Waals surface area contributed by atoms with Gasteiger partial charge in [-0.3, -0.25) is 13.9 Å². The number of benzene rings is 3. The Labute approximate surface area is 252 Å². The molecule has 12 heteroatoms. The lowest BCUT2D eigenvalue weighted by atomic mass is 10.1. The summed E-state index contributed by atoms with van der Waals surface area (Å²) in [4.78, 5) is 28.2. The first-order valence-corrected chi connectivity index (χ1v) is 15.0. The van der Waals surface area contributed by atoms with Crippen molar-refractivity contribution in [3.05, 3.63) is 76.8 Å². The molecule has 0 aliphatic carbocycles. The van der Waals surface area contributed by atoms with Gasteiger partial charge in [-0.2, -0.15) is 0 Å². The second kappa shape index (κ2) is 14.3. The maximum absolute atomic E-state index is 14.2. The molecule has 0 aromatic heterocycles. The molecule has 1 atom stereocenters. The van der Waals surface area contributed by atoms with Crippen LogP contribution in [0.25, 0.3) is 0 Å². The molecule has 0 unspecified atom stereocenters. The molecule has 3 aromatic rings. The maximum Gasteiger partial charge on any atom is 0.265 e. The minimum absolute atomic E-state index is 0.0506. The minimum Gasteiger partial charge on any atom is -0.495 e. The van der Waals surface area contributed by atoms with Gasteiger partial charge in [0, 0.05) is 24.2 Å². The van der Waals surface area contributed by atoms with Crippen LogP contribution in [-0.4, -0.2) is 65.6 Å². The summed E-state index contributed by atoms with van der Waals surface area (Å²) in [6.07, 6.45) is 0. The van der Waals surface area contributed by atoms with Gasteiger partial charge >= 0.3 is 0 Å². The molecular weight excluding hydrogens is 582 g/mol. The number of nitrogens with one attached hydrogen (secondary N) is 1. The van der Waals surface area contributed by atoms with Crippen LogP contribution in [0.2, 0.25) is 5.02 Å². The fourth-order valence-electron chi connectivity index (χ4n) is 4.35. The van der Waals surface area contributed by atoms with Gasteiger partial charge in [0.2, 0.25) is 11.8 Å². The highest BCUT2D eigenvalue weighted by Gasteiger charge is 2.34. The van der Waals surface area contributed by atoms with Crippen LogP contribution in [0.1, 0.15) is 25.0 Å². The summed E-state index contributed by atoms with van der Waals surface area (Å²) in [7, 11) is -0.202. The van der Waals surface area contributed by atoms with Gasteiger partial charge in [-0.25, -0.2) is 8.42 Å². The Hall–Kier alpha value is -3.96. The van der Waals surface area contributed by atoms with E-state index in [9.17, 15) is 18.0 Å². The standard InChI is InChI=1S/C30H36ClN3O7S/c1-7-32-30(36)21(3)33(18-22-11-9-8-10-20(22)2)29(35)19-34(25-16-23(31)12-14-26(25)39-4)42(37,38)24-13-15-27(40-5)28(17-24)41-6/h8-17,21H,7,18-19H2,1-6H3,(H,32,36)/t21-/m1/s1. The van der Waals surface area contributed by atoms with E-state index in [1.54, 1.807) is 19.9 Å². The van der Waals surface area contributed by atoms with Gasteiger partial charge in [0.25, 0.3) is 10.0 Å². The summed E-state index contributed by atoms with van der Waals surface area (Å²) in [5, 5.41) is 2.98. The molecule has 10 nitrogen and oxygen atoms in total. The van der Waals surface area contributed by atoms with E-state index in [0.29, 0.717) is 12.3 Å². The Morgan fingerprint density at radius 3 is 2.19 bits per heavy atom. The quantitative estimate of drug-likeness (QED) is 0.302. The molecule has 0 aliphatic heterocycles. The third-order valence-corrected chi connectivity index (χ3v) is 8.74. The van der Waals surface area contributed by atoms with Gasteiger partial charge in [-0.1, -0.05) is 35.9 Å². The molecule has 3 rings (SSSR count). The lowest BCUT2D eigenvalue weighted by molar-refractivity contribution is -0.139. The van der Waals surface area contributed by atoms with Gasteiger partial charge in [0.1, 0.15) is 18.3 Å². The van der Waals surface area contributed by atoms with E-state index in [1.807, 2.05) is 31.2 Å². The number of ether oxygens (including phenoxy) is 3. The Balaban J connectivity index is 2.16. The van der Waals surface area contributed by atoms with Crippen LogP contribution in [0.4, 0.5) is 5.69 Å². The average Bonchev–Trinajstić information content (AvgIpc) is 2.98. The zero-order valence-corrected chi connectivity index (χ0v) is 26.1. The van der Waals surface area contributed by atoms with Crippen LogP contribution in [0.5, 0.6) is 17.2 Å². The monoisotopic (exact) mass is 617 g/mol. The van der Waals surface area contributed by atoms with Gasteiger partial charge in [0.05, 0.1) is 31.9 Å². The molecule has 0 aliphatic rings. The van der Waals surface area contributed by atoms with E-state index in [4.69, 9.17) is 25.8 Å². The van der Waals surface area contributed by atoms with Crippen LogP contribution >= 0.6 is 11.6 Å². The van der Waals surface area contributed by atoms with Crippen molar-refractivity contribution in [2.45, 2.75) is 38.3 Å². The van der Waals surface area contributed by atoms with Crippen LogP contribution in [-0.2, 0) is 26.2 Å². The smallest absolute Gasteiger partial charge is 0.265 e. The summed E-state index contributed by atoms with van der Waals surface area (Å²) < 4.78 is 45.5. The number of rotatable bonds is 13. The van der Waals surface area contributed by atoms with Crippen molar-refractivity contribution in [3.8, 4) is 17.2 Å². The van der Waals surface area contributed by atoms with E-state index < -0.39 is 28.5 Å². The number of likely N-dealkylation sites (N-methyl/N-ethyl adjacent to an activating group) is 1. The van der Waals surface area contributed by atoms with Gasteiger partial charge in [-0.05, 0) is 62.2 Å². The van der Waals surface area contributed by atoms with E-state index in [0.717, 1.165) is 15.4 Å². The maximum atomic E-state index is 14.2. The van der Waals surface area contributed by atoms with Crippen molar-refractivity contribution in [2.75, 3.05) is 38.7 Å². The molecular formula is C30H36ClN3O7S. The number of anilines is 1. The molecule has 0 fully saturated rings. The Morgan fingerprint density at radius 1 is 0.929 bits per heavy atom. The molecule has 0 spiro atoms. The molecule has 0 heterocycles. The Morgan fingerprint density at radius 2 is 1.57 bits per heavy atom. The SMILES string of the molecule is CCNC(=O)[C@@H](C)N(Cc1ccccc1C)C(=O)CN(c1cc(Cl)ccc1OC)S(=O)(=O)c1ccc(OC)c(OC)c1. The molecule has 2 amide bonds. The van der Waals surface area contributed by atoms with Gasteiger partial charge < -0.3 is 24.4 Å². The molecule has 0 saturated carbocycles. The second-order valence-electron chi connectivity index (χ2n) is 9.36. The van der Waals surface area contributed by atoms with Gasteiger partial charge in [0.15, 0.2) is 11.5 Å². The van der Waals surface area contributed by atoms with Crippen molar-refractivity contribution in [1.82, 2.24) is 10.2 Å². The first-order valence-electron chi connectivity index (χ1n) is 13.2. The largest absolute Gasteiger partial charge is 0.495 e. The lowest BCUT2D eigenvalue weighted by Gasteiger charge is -2.32. The van der Waals surface area contributed by atoms with Crippen LogP contribution < -0.4 is 23.8 Å². The number of aryl methyl sites for hydroxylation is 1. The van der Waals surface area contributed by atoms with Crippen molar-refractivity contribution in [3.63, 3.8) is 0 Å². The normalized spacial score (nSPS) is 11.8. The number of hydrogen-bond donors (Lipinski definition) is 1. The molecule has 0 radical (unpaired) electrons. The highest BCUT2D eigenvalue weighted by atomic mass is 35.5. The van der Waals surface area contributed by atoms with Crippen molar-refractivity contribution in [2.24, 2.45) is 0 Å². The van der Waals surface area contributed by atoms with E-state index in [1.165, 1.54) is 56.6 Å². The average molecular weight is 618 g/mol. The zero-order valence-electron chi connectivity index (χ0n) is 24.5. The van der Waals surface area contributed by atoms with Crippen LogP contribution in [0, 0.1) is 6.92 Å². The summed E-state index contributed by atoms with van der Waals surface area (Å²) in [6.45, 7) is 5.09. The summed E-state index contributed by atoms with van der Waals surface area (Å²) in [6, 6.07) is 15.2. The molecule has 226 valence electrons. The topological polar surface area (TPSA) is 114 Å². The number of halogens is 1. The zero-order chi connectivity index (χ0) is 31.0. The van der Waals surface area contributed by atoms with E-state index >= 15 is 0 Å². The number of amides is 2. The third-order valence-electron chi connectivity index (χ3n) is 6.75. The summed E-state index contributed by atoms with van der Waals surface area (Å²) in [5.74, 6) is -0.274. The number of nitrogens with zero attached hydrogens (tertiary/aromatic N) is 2. The molecule has 3 aromatic carbocycles. The number of carbonyl (C=O) groups is 2. The molecule has 0 bridgehead atoms. The van der Waals surface area contributed by atoms with E-state index in [-0.39, 0.29) is 39.6 Å². The van der Waals surface area contributed by atoms with Gasteiger partial charge in [-0.15, -0.1) is 0 Å². The third kappa shape index (κ3) is 7.27. The van der Waals surface area contributed by atoms with Crippen molar-refractivity contribution >= 4 is 39.1 Å². The lowest BCUT2D eigenvalue weighted by Crippen LogP contribution is -2.51. The first-order chi connectivity index (χ1) is 20.0. The van der Waals surface area contributed by atoms with Crippen molar-refractivity contribution in [1.29, 1.82) is 0 Å². The van der Waals surface area contributed by atoms with Crippen molar-refractivity contribution < 1.29 is 32.2 Å². The summed E-state index contributed by atoms with van der Waals surface area (Å²) in [5.41, 5.74) is 1.79.